The van der Waals surface area contributed by atoms with Crippen LogP contribution in [0.2, 0.25) is 0 Å². The Balaban J connectivity index is 1.22. The molecular weight excluding hydrogens is 451 g/mol. The first kappa shape index (κ1) is 23.0. The van der Waals surface area contributed by atoms with E-state index >= 15 is 0 Å². The van der Waals surface area contributed by atoms with Gasteiger partial charge in [0.2, 0.25) is 5.91 Å². The molecule has 35 heavy (non-hydrogen) atoms. The number of nitrogens with one attached hydrogen (secondary N) is 2. The quantitative estimate of drug-likeness (QED) is 0.576. The van der Waals surface area contributed by atoms with E-state index in [0.717, 1.165) is 11.3 Å². The van der Waals surface area contributed by atoms with Crippen LogP contribution in [0.15, 0.2) is 65.5 Å². The summed E-state index contributed by atoms with van der Waals surface area (Å²) in [4.78, 5) is 29.4. The number of amides is 1. The minimum absolute atomic E-state index is 0.0156. The lowest BCUT2D eigenvalue weighted by Crippen LogP contribution is -2.54. The molecule has 2 aliphatic heterocycles. The molecule has 1 aromatic heterocycles. The summed E-state index contributed by atoms with van der Waals surface area (Å²) in [5.41, 5.74) is 7.60. The molecule has 2 aliphatic rings. The van der Waals surface area contributed by atoms with E-state index in [1.165, 1.54) is 35.0 Å². The maximum absolute atomic E-state index is 13.3. The van der Waals surface area contributed by atoms with E-state index in [-0.39, 0.29) is 29.4 Å². The highest BCUT2D eigenvalue weighted by Crippen LogP contribution is 2.30. The molecular formula is C25H27FN6O3. The first-order valence-electron chi connectivity index (χ1n) is 11.6. The highest BCUT2D eigenvalue weighted by Gasteiger charge is 2.35. The maximum atomic E-state index is 13.3. The van der Waals surface area contributed by atoms with Gasteiger partial charge < -0.3 is 14.5 Å². The average Bonchev–Trinajstić information content (AvgIpc) is 3.39. The lowest BCUT2D eigenvalue weighted by molar-refractivity contribution is -0.133. The van der Waals surface area contributed by atoms with E-state index in [2.05, 4.69) is 16.0 Å². The highest BCUT2D eigenvalue weighted by atomic mass is 19.1. The third-order valence-electron chi connectivity index (χ3n) is 6.49. The van der Waals surface area contributed by atoms with Gasteiger partial charge in [-0.1, -0.05) is 18.2 Å². The molecule has 0 bridgehead atoms. The molecule has 2 aromatic carbocycles. The number of hydrazine groups is 1. The van der Waals surface area contributed by atoms with Gasteiger partial charge in [-0.3, -0.25) is 9.59 Å². The van der Waals surface area contributed by atoms with Crippen molar-refractivity contribution in [1.29, 1.82) is 0 Å². The zero-order valence-corrected chi connectivity index (χ0v) is 19.4. The van der Waals surface area contributed by atoms with Crippen LogP contribution in [0.4, 0.5) is 10.2 Å². The monoisotopic (exact) mass is 478 g/mol. The third-order valence-corrected chi connectivity index (χ3v) is 6.49. The van der Waals surface area contributed by atoms with Crippen molar-refractivity contribution in [2.45, 2.75) is 18.5 Å². The van der Waals surface area contributed by atoms with Gasteiger partial charge in [-0.15, -0.1) is 5.10 Å². The molecule has 1 amide bonds. The van der Waals surface area contributed by atoms with Crippen molar-refractivity contribution in [2.75, 3.05) is 38.2 Å². The summed E-state index contributed by atoms with van der Waals surface area (Å²) in [7, 11) is 1.64. The van der Waals surface area contributed by atoms with Crippen molar-refractivity contribution in [3.05, 3.63) is 82.4 Å². The van der Waals surface area contributed by atoms with Crippen LogP contribution in [0.3, 0.4) is 0 Å². The Morgan fingerprint density at radius 3 is 2.49 bits per heavy atom. The molecule has 0 saturated carbocycles. The van der Waals surface area contributed by atoms with Gasteiger partial charge in [0.1, 0.15) is 23.4 Å². The fraction of sp³-hybridized carbons (Fsp3) is 0.320. The van der Waals surface area contributed by atoms with Crippen LogP contribution < -0.4 is 26.0 Å². The lowest BCUT2D eigenvalue weighted by Gasteiger charge is -2.36. The smallest absolute Gasteiger partial charge is 0.271 e. The van der Waals surface area contributed by atoms with Gasteiger partial charge in [0.15, 0.2) is 0 Å². The number of carbonyl (C=O) groups excluding carboxylic acids is 1. The van der Waals surface area contributed by atoms with E-state index in [4.69, 9.17) is 4.74 Å². The second-order valence-electron chi connectivity index (χ2n) is 8.60. The van der Waals surface area contributed by atoms with Crippen molar-refractivity contribution in [1.82, 2.24) is 25.5 Å². The van der Waals surface area contributed by atoms with Gasteiger partial charge in [0.25, 0.3) is 5.56 Å². The standard InChI is InChI=1S/C25H27FN6O3/c1-35-22-5-3-2-4-19(22)20-16-21(28-27-20)25(34)31-14-12-30(13-15-31)23-10-11-24(33)32(29-23)18-8-6-17(26)7-9-18/h2-11,20-21,27-28H,12-16H2,1H3. The molecule has 3 heterocycles. The second kappa shape index (κ2) is 9.85. The Kier molecular flexibility index (Phi) is 6.47. The number of benzene rings is 2. The normalized spacial score (nSPS) is 20.2. The number of aromatic nitrogens is 2. The summed E-state index contributed by atoms with van der Waals surface area (Å²) < 4.78 is 20.0. The van der Waals surface area contributed by atoms with Crippen molar-refractivity contribution in [3.63, 3.8) is 0 Å². The summed E-state index contributed by atoms with van der Waals surface area (Å²) in [6, 6.07) is 16.2. The molecule has 2 atom stereocenters. The highest BCUT2D eigenvalue weighted by molar-refractivity contribution is 5.82. The molecule has 0 spiro atoms. The molecule has 10 heteroatoms. The molecule has 0 radical (unpaired) electrons. The maximum Gasteiger partial charge on any atom is 0.271 e. The van der Waals surface area contributed by atoms with Gasteiger partial charge in [0.05, 0.1) is 18.8 Å². The number of piperazine rings is 1. The largest absolute Gasteiger partial charge is 0.496 e. The Bertz CT molecular complexity index is 1260. The lowest BCUT2D eigenvalue weighted by atomic mass is 10.0. The SMILES string of the molecule is COc1ccccc1C1CC(C(=O)N2CCN(c3ccc(=O)n(-c4ccc(F)cc4)n3)CC2)NN1. The minimum atomic E-state index is -0.375. The zero-order chi connectivity index (χ0) is 24.4. The van der Waals surface area contributed by atoms with Crippen LogP contribution in [0.1, 0.15) is 18.0 Å². The number of ether oxygens (including phenoxy) is 1. The van der Waals surface area contributed by atoms with Crippen LogP contribution in [-0.2, 0) is 4.79 Å². The van der Waals surface area contributed by atoms with Gasteiger partial charge >= 0.3 is 0 Å². The summed E-state index contributed by atoms with van der Waals surface area (Å²) >= 11 is 0. The summed E-state index contributed by atoms with van der Waals surface area (Å²) in [5.74, 6) is 1.11. The van der Waals surface area contributed by atoms with Crippen molar-refractivity contribution in [2.24, 2.45) is 0 Å². The molecule has 2 saturated heterocycles. The number of methoxy groups -OCH3 is 1. The van der Waals surface area contributed by atoms with Crippen LogP contribution in [0, 0.1) is 5.82 Å². The van der Waals surface area contributed by atoms with E-state index in [9.17, 15) is 14.0 Å². The third kappa shape index (κ3) is 4.75. The van der Waals surface area contributed by atoms with E-state index in [1.807, 2.05) is 34.1 Å². The zero-order valence-electron chi connectivity index (χ0n) is 19.4. The Morgan fingerprint density at radius 1 is 1.00 bits per heavy atom. The Morgan fingerprint density at radius 2 is 1.74 bits per heavy atom. The molecule has 2 N–H and O–H groups in total. The molecule has 2 fully saturated rings. The summed E-state index contributed by atoms with van der Waals surface area (Å²) in [5, 5.41) is 4.47. The van der Waals surface area contributed by atoms with Gasteiger partial charge in [-0.25, -0.2) is 15.2 Å². The second-order valence-corrected chi connectivity index (χ2v) is 8.60. The van der Waals surface area contributed by atoms with Gasteiger partial charge in [-0.2, -0.15) is 4.68 Å². The number of anilines is 1. The molecule has 9 nitrogen and oxygen atoms in total. The number of carbonyl (C=O) groups is 1. The predicted molar refractivity (Wildman–Crippen MR) is 129 cm³/mol. The number of hydrogen-bond acceptors (Lipinski definition) is 7. The Hall–Kier alpha value is -3.76. The topological polar surface area (TPSA) is 91.7 Å². The number of halogens is 1. The molecule has 2 unspecified atom stereocenters. The first-order valence-corrected chi connectivity index (χ1v) is 11.6. The Labute approximate surface area is 202 Å². The minimum Gasteiger partial charge on any atom is -0.496 e. The van der Waals surface area contributed by atoms with Crippen LogP contribution >= 0.6 is 0 Å². The number of para-hydroxylation sites is 1. The van der Waals surface area contributed by atoms with Crippen molar-refractivity contribution >= 4 is 11.7 Å². The van der Waals surface area contributed by atoms with Gasteiger partial charge in [0, 0.05) is 37.8 Å². The van der Waals surface area contributed by atoms with E-state index in [0.29, 0.717) is 44.1 Å². The van der Waals surface area contributed by atoms with Crippen LogP contribution in [-0.4, -0.2) is 59.9 Å². The number of hydrogen-bond donors (Lipinski definition) is 2. The van der Waals surface area contributed by atoms with Crippen LogP contribution in [0.25, 0.3) is 5.69 Å². The fourth-order valence-corrected chi connectivity index (χ4v) is 4.59. The molecule has 3 aromatic rings. The van der Waals surface area contributed by atoms with Gasteiger partial charge in [-0.05, 0) is 42.8 Å². The summed E-state index contributed by atoms with van der Waals surface area (Å²) in [6.45, 7) is 2.29. The molecule has 5 rings (SSSR count). The molecule has 182 valence electrons. The number of nitrogens with zero attached hydrogens (tertiary/aromatic N) is 4. The van der Waals surface area contributed by atoms with E-state index in [1.54, 1.807) is 13.2 Å². The molecule has 0 aliphatic carbocycles. The van der Waals surface area contributed by atoms with Crippen LogP contribution in [0.5, 0.6) is 5.75 Å². The number of rotatable bonds is 5. The average molecular weight is 479 g/mol. The first-order chi connectivity index (χ1) is 17.0. The van der Waals surface area contributed by atoms with Crippen molar-refractivity contribution in [3.8, 4) is 11.4 Å². The van der Waals surface area contributed by atoms with Crippen molar-refractivity contribution < 1.29 is 13.9 Å². The fourth-order valence-electron chi connectivity index (χ4n) is 4.59. The summed E-state index contributed by atoms with van der Waals surface area (Å²) in [6.07, 6.45) is 0.629. The van der Waals surface area contributed by atoms with E-state index < -0.39 is 0 Å². The predicted octanol–water partition coefficient (Wildman–Crippen LogP) is 1.64.